The van der Waals surface area contributed by atoms with Crippen molar-refractivity contribution in [2.24, 2.45) is 5.10 Å². The lowest BCUT2D eigenvalue weighted by molar-refractivity contribution is -0.384. The quantitative estimate of drug-likeness (QED) is 0.340. The Balaban J connectivity index is 1.59. The molecule has 8 nitrogen and oxygen atoms in total. The molecule has 0 aliphatic heterocycles. The summed E-state index contributed by atoms with van der Waals surface area (Å²) in [5, 5.41) is 18.1. The van der Waals surface area contributed by atoms with Crippen molar-refractivity contribution in [2.75, 3.05) is 11.9 Å². The Kier molecular flexibility index (Phi) is 6.25. The number of benzene rings is 2. The van der Waals surface area contributed by atoms with Gasteiger partial charge in [-0.1, -0.05) is 29.8 Å². The van der Waals surface area contributed by atoms with Crippen molar-refractivity contribution in [2.45, 2.75) is 6.92 Å². The molecule has 0 fully saturated rings. The Morgan fingerprint density at radius 1 is 1.24 bits per heavy atom. The number of nitrogens with one attached hydrogen (secondary N) is 2. The first kappa shape index (κ1) is 20.1. The summed E-state index contributed by atoms with van der Waals surface area (Å²) in [6, 6.07) is 15.0. The third kappa shape index (κ3) is 5.20. The average molecular weight is 413 g/mol. The Hall–Kier alpha value is -3.65. The SMILES string of the molecule is Cc1ccccc1NCC(=O)N/N=C/c1ccc(-c2cc([N+](=O)[O-])ccc2Cl)o1. The summed E-state index contributed by atoms with van der Waals surface area (Å²) in [6.07, 6.45) is 1.33. The number of amides is 1. The molecule has 0 aliphatic rings. The van der Waals surface area contributed by atoms with Gasteiger partial charge in [0, 0.05) is 23.4 Å². The molecule has 1 heterocycles. The highest BCUT2D eigenvalue weighted by Crippen LogP contribution is 2.32. The Morgan fingerprint density at radius 3 is 2.79 bits per heavy atom. The molecule has 3 rings (SSSR count). The summed E-state index contributed by atoms with van der Waals surface area (Å²) in [6.45, 7) is 2.01. The summed E-state index contributed by atoms with van der Waals surface area (Å²) in [5.41, 5.74) is 4.61. The predicted molar refractivity (Wildman–Crippen MR) is 111 cm³/mol. The maximum Gasteiger partial charge on any atom is 0.270 e. The molecule has 3 aromatic rings. The molecule has 2 N–H and O–H groups in total. The van der Waals surface area contributed by atoms with Crippen LogP contribution in [-0.2, 0) is 4.79 Å². The zero-order chi connectivity index (χ0) is 20.8. The third-order valence-corrected chi connectivity index (χ3v) is 4.35. The van der Waals surface area contributed by atoms with Gasteiger partial charge in [0.2, 0.25) is 0 Å². The van der Waals surface area contributed by atoms with Gasteiger partial charge in [0.05, 0.1) is 22.7 Å². The van der Waals surface area contributed by atoms with E-state index in [9.17, 15) is 14.9 Å². The lowest BCUT2D eigenvalue weighted by Crippen LogP contribution is -2.26. The average Bonchev–Trinajstić information content (AvgIpc) is 3.16. The number of carbonyl (C=O) groups is 1. The van der Waals surface area contributed by atoms with Crippen LogP contribution in [0.5, 0.6) is 0 Å². The normalized spacial score (nSPS) is 10.8. The summed E-state index contributed by atoms with van der Waals surface area (Å²) >= 11 is 6.11. The third-order valence-electron chi connectivity index (χ3n) is 4.02. The number of furan rings is 1. The van der Waals surface area contributed by atoms with Gasteiger partial charge in [-0.05, 0) is 36.8 Å². The zero-order valence-electron chi connectivity index (χ0n) is 15.4. The molecule has 29 heavy (non-hydrogen) atoms. The van der Waals surface area contributed by atoms with E-state index in [2.05, 4.69) is 15.8 Å². The van der Waals surface area contributed by atoms with E-state index in [1.165, 1.54) is 24.4 Å². The minimum absolute atomic E-state index is 0.0644. The monoisotopic (exact) mass is 412 g/mol. The lowest BCUT2D eigenvalue weighted by atomic mass is 10.1. The van der Waals surface area contributed by atoms with Crippen molar-refractivity contribution in [1.29, 1.82) is 0 Å². The van der Waals surface area contributed by atoms with E-state index < -0.39 is 4.92 Å². The van der Waals surface area contributed by atoms with Gasteiger partial charge in [-0.15, -0.1) is 0 Å². The van der Waals surface area contributed by atoms with Gasteiger partial charge in [0.25, 0.3) is 11.6 Å². The maximum absolute atomic E-state index is 11.9. The van der Waals surface area contributed by atoms with Crippen molar-refractivity contribution in [1.82, 2.24) is 5.43 Å². The molecule has 0 radical (unpaired) electrons. The van der Waals surface area contributed by atoms with Crippen LogP contribution in [0.25, 0.3) is 11.3 Å². The number of non-ortho nitro benzene ring substituents is 1. The fraction of sp³-hybridized carbons (Fsp3) is 0.100. The molecule has 9 heteroatoms. The Bertz CT molecular complexity index is 1080. The van der Waals surface area contributed by atoms with Gasteiger partial charge in [-0.2, -0.15) is 5.10 Å². The van der Waals surface area contributed by atoms with Gasteiger partial charge in [-0.3, -0.25) is 14.9 Å². The standard InChI is InChI=1S/C20H17ClN4O4/c1-13-4-2-3-5-18(13)22-12-20(26)24-23-11-15-7-9-19(29-15)16-10-14(25(27)28)6-8-17(16)21/h2-11,22H,12H2,1H3,(H,24,26)/b23-11+. The molecule has 0 saturated heterocycles. The smallest absolute Gasteiger partial charge is 0.270 e. The molecule has 0 saturated carbocycles. The number of hydrogen-bond acceptors (Lipinski definition) is 6. The van der Waals surface area contributed by atoms with Crippen LogP contribution in [0, 0.1) is 17.0 Å². The lowest BCUT2D eigenvalue weighted by Gasteiger charge is -2.07. The number of aryl methyl sites for hydroxylation is 1. The van der Waals surface area contributed by atoms with Crippen LogP contribution in [0.4, 0.5) is 11.4 Å². The molecule has 0 bridgehead atoms. The Labute approximate surface area is 171 Å². The van der Waals surface area contributed by atoms with Crippen molar-refractivity contribution >= 4 is 35.1 Å². The second-order valence-electron chi connectivity index (χ2n) is 6.08. The fourth-order valence-electron chi connectivity index (χ4n) is 2.54. The molecule has 1 aromatic heterocycles. The topological polar surface area (TPSA) is 110 Å². The van der Waals surface area contributed by atoms with Gasteiger partial charge in [-0.25, -0.2) is 5.43 Å². The minimum Gasteiger partial charge on any atom is -0.455 e. The number of rotatable bonds is 7. The van der Waals surface area contributed by atoms with E-state index >= 15 is 0 Å². The number of para-hydroxylation sites is 1. The number of hydrogen-bond donors (Lipinski definition) is 2. The molecule has 0 aliphatic carbocycles. The van der Waals surface area contributed by atoms with E-state index in [0.29, 0.717) is 22.1 Å². The molecule has 0 spiro atoms. The highest BCUT2D eigenvalue weighted by molar-refractivity contribution is 6.33. The first-order chi connectivity index (χ1) is 13.9. The molecular weight excluding hydrogens is 396 g/mol. The van der Waals surface area contributed by atoms with Crippen LogP contribution in [-0.4, -0.2) is 23.6 Å². The van der Waals surface area contributed by atoms with Crippen LogP contribution >= 0.6 is 11.6 Å². The molecule has 0 unspecified atom stereocenters. The molecule has 0 atom stereocenters. The van der Waals surface area contributed by atoms with Crippen molar-refractivity contribution in [3.63, 3.8) is 0 Å². The molecular formula is C20H17ClN4O4. The highest BCUT2D eigenvalue weighted by atomic mass is 35.5. The number of nitro benzene ring substituents is 1. The van der Waals surface area contributed by atoms with Gasteiger partial charge in [0.15, 0.2) is 0 Å². The van der Waals surface area contributed by atoms with Gasteiger partial charge >= 0.3 is 0 Å². The second kappa shape index (κ2) is 9.03. The van der Waals surface area contributed by atoms with E-state index in [0.717, 1.165) is 11.3 Å². The van der Waals surface area contributed by atoms with Crippen molar-refractivity contribution in [3.05, 3.63) is 81.1 Å². The maximum atomic E-state index is 11.9. The van der Waals surface area contributed by atoms with Gasteiger partial charge < -0.3 is 9.73 Å². The highest BCUT2D eigenvalue weighted by Gasteiger charge is 2.14. The first-order valence-electron chi connectivity index (χ1n) is 8.59. The number of nitro groups is 1. The molecule has 148 valence electrons. The summed E-state index contributed by atoms with van der Waals surface area (Å²) in [5.74, 6) is 0.389. The van der Waals surface area contributed by atoms with Crippen molar-refractivity contribution in [3.8, 4) is 11.3 Å². The fourth-order valence-corrected chi connectivity index (χ4v) is 2.75. The zero-order valence-corrected chi connectivity index (χ0v) is 16.1. The number of anilines is 1. The van der Waals surface area contributed by atoms with E-state index in [4.69, 9.17) is 16.0 Å². The van der Waals surface area contributed by atoms with Crippen LogP contribution in [0.3, 0.4) is 0 Å². The van der Waals surface area contributed by atoms with E-state index in [1.807, 2.05) is 31.2 Å². The van der Waals surface area contributed by atoms with E-state index in [-0.39, 0.29) is 18.1 Å². The van der Waals surface area contributed by atoms with Crippen LogP contribution in [0.15, 0.2) is 64.1 Å². The second-order valence-corrected chi connectivity index (χ2v) is 6.49. The van der Waals surface area contributed by atoms with Crippen molar-refractivity contribution < 1.29 is 14.1 Å². The largest absolute Gasteiger partial charge is 0.455 e. The molecule has 1 amide bonds. The van der Waals surface area contributed by atoms with Crippen LogP contribution < -0.4 is 10.7 Å². The minimum atomic E-state index is -0.508. The predicted octanol–water partition coefficient (Wildman–Crippen LogP) is 4.38. The first-order valence-corrected chi connectivity index (χ1v) is 8.97. The van der Waals surface area contributed by atoms with E-state index in [1.54, 1.807) is 12.1 Å². The molecule has 2 aromatic carbocycles. The van der Waals surface area contributed by atoms with Crippen LogP contribution in [0.2, 0.25) is 5.02 Å². The number of hydrazone groups is 1. The van der Waals surface area contributed by atoms with Crippen LogP contribution in [0.1, 0.15) is 11.3 Å². The summed E-state index contributed by atoms with van der Waals surface area (Å²) in [4.78, 5) is 22.3. The van der Waals surface area contributed by atoms with Gasteiger partial charge in [0.1, 0.15) is 11.5 Å². The Morgan fingerprint density at radius 2 is 2.03 bits per heavy atom. The summed E-state index contributed by atoms with van der Waals surface area (Å²) in [7, 11) is 0. The number of carbonyl (C=O) groups excluding carboxylic acids is 1. The number of halogens is 1. The summed E-state index contributed by atoms with van der Waals surface area (Å²) < 4.78 is 5.59. The number of nitrogens with zero attached hydrogens (tertiary/aromatic N) is 2.